The van der Waals surface area contributed by atoms with Crippen LogP contribution in [0.5, 0.6) is 0 Å². The van der Waals surface area contributed by atoms with Crippen molar-refractivity contribution in [2.24, 2.45) is 0 Å². The van der Waals surface area contributed by atoms with E-state index >= 15 is 0 Å². The van der Waals surface area contributed by atoms with E-state index < -0.39 is 16.8 Å². The Hall–Kier alpha value is -2.23. The Morgan fingerprint density at radius 1 is 1.43 bits per heavy atom. The maximum Gasteiger partial charge on any atom is 0.328 e. The van der Waals surface area contributed by atoms with Crippen LogP contribution in [0, 0.1) is 6.92 Å². The molecule has 0 fully saturated rings. The van der Waals surface area contributed by atoms with Gasteiger partial charge in [0.2, 0.25) is 11.1 Å². The van der Waals surface area contributed by atoms with E-state index in [0.29, 0.717) is 5.02 Å². The molecule has 10 heteroatoms. The molecule has 0 spiro atoms. The largest absolute Gasteiger partial charge is 0.382 e. The normalized spacial score (nSPS) is 12.7. The molecule has 8 nitrogen and oxygen atoms in total. The number of nitrogens with two attached hydrogens (primary N) is 1. The first-order valence-corrected chi connectivity index (χ1v) is 7.97. The van der Waals surface area contributed by atoms with Gasteiger partial charge in [0.15, 0.2) is 11.5 Å². The number of hydrogen-bond acceptors (Lipinski definition) is 5. The van der Waals surface area contributed by atoms with Gasteiger partial charge in [0.25, 0.3) is 5.16 Å². The Balaban J connectivity index is 2.16. The van der Waals surface area contributed by atoms with E-state index in [0.717, 1.165) is 11.1 Å². The number of nitrogen functional groups attached to an aromatic ring is 1. The van der Waals surface area contributed by atoms with Crippen molar-refractivity contribution in [3.8, 4) is 0 Å². The molecule has 4 N–H and O–H groups in total. The first kappa shape index (κ1) is 15.7. The van der Waals surface area contributed by atoms with Crippen LogP contribution in [0.4, 0.5) is 5.82 Å². The zero-order valence-corrected chi connectivity index (χ0v) is 13.5. The second kappa shape index (κ2) is 5.76. The summed E-state index contributed by atoms with van der Waals surface area (Å²) in [5.41, 5.74) is 7.40. The smallest absolute Gasteiger partial charge is 0.328 e. The van der Waals surface area contributed by atoms with Gasteiger partial charge >= 0.3 is 5.69 Å². The number of hydrogen-bond donors (Lipinski definition) is 3. The molecule has 1 unspecified atom stereocenters. The van der Waals surface area contributed by atoms with Crippen molar-refractivity contribution in [2.45, 2.75) is 18.6 Å². The lowest BCUT2D eigenvalue weighted by Gasteiger charge is -2.06. The number of aromatic nitrogens is 4. The highest BCUT2D eigenvalue weighted by atomic mass is 35.5. The van der Waals surface area contributed by atoms with Crippen molar-refractivity contribution < 1.29 is 8.76 Å². The molecule has 0 aliphatic heterocycles. The van der Waals surface area contributed by atoms with Crippen molar-refractivity contribution in [3.63, 3.8) is 0 Å². The fraction of sp³-hybridized carbons (Fsp3) is 0.154. The summed E-state index contributed by atoms with van der Waals surface area (Å²) in [5.74, 6) is -0.0597. The third-order valence-electron chi connectivity index (χ3n) is 3.35. The van der Waals surface area contributed by atoms with E-state index in [-0.39, 0.29) is 28.7 Å². The molecule has 0 aliphatic carbocycles. The molecule has 0 saturated heterocycles. The zero-order chi connectivity index (χ0) is 16.7. The van der Waals surface area contributed by atoms with Gasteiger partial charge < -0.3 is 10.7 Å². The third kappa shape index (κ3) is 2.85. The van der Waals surface area contributed by atoms with E-state index in [2.05, 4.69) is 15.0 Å². The molecule has 3 rings (SSSR count). The number of imidazole rings is 1. The average molecular weight is 354 g/mol. The van der Waals surface area contributed by atoms with Crippen LogP contribution in [-0.2, 0) is 17.6 Å². The summed E-state index contributed by atoms with van der Waals surface area (Å²) in [4.78, 5) is 22.4. The molecule has 3 aromatic rings. The van der Waals surface area contributed by atoms with Gasteiger partial charge in [-0.25, -0.2) is 9.00 Å². The van der Waals surface area contributed by atoms with Crippen LogP contribution in [-0.4, -0.2) is 28.3 Å². The number of halogens is 1. The zero-order valence-electron chi connectivity index (χ0n) is 11.9. The number of nitrogens with one attached hydrogen (secondary N) is 1. The number of aryl methyl sites for hydroxylation is 1. The van der Waals surface area contributed by atoms with E-state index in [4.69, 9.17) is 21.9 Å². The minimum absolute atomic E-state index is 0.0597. The van der Waals surface area contributed by atoms with Gasteiger partial charge in [-0.2, -0.15) is 9.97 Å². The molecule has 0 aliphatic rings. The van der Waals surface area contributed by atoms with Gasteiger partial charge in [0.05, 0.1) is 6.54 Å². The topological polar surface area (TPSA) is 127 Å². The number of benzene rings is 1. The van der Waals surface area contributed by atoms with Crippen molar-refractivity contribution in [3.05, 3.63) is 44.8 Å². The summed E-state index contributed by atoms with van der Waals surface area (Å²) >= 11 is 3.60. The SMILES string of the molecule is Cc1cc(Cn2c(=O)[nH]c3c(N)nc(S(=O)O)nc32)ccc1Cl. The van der Waals surface area contributed by atoms with Crippen LogP contribution in [0.15, 0.2) is 28.2 Å². The number of rotatable bonds is 3. The Kier molecular flexibility index (Phi) is 3.92. The highest BCUT2D eigenvalue weighted by molar-refractivity contribution is 7.79. The van der Waals surface area contributed by atoms with Gasteiger partial charge in [-0.1, -0.05) is 23.7 Å². The average Bonchev–Trinajstić information content (AvgIpc) is 2.80. The van der Waals surface area contributed by atoms with Crippen LogP contribution in [0.25, 0.3) is 11.2 Å². The Morgan fingerprint density at radius 3 is 2.83 bits per heavy atom. The summed E-state index contributed by atoms with van der Waals surface area (Å²) in [5, 5.41) is 0.277. The fourth-order valence-electron chi connectivity index (χ4n) is 2.24. The molecule has 0 bridgehead atoms. The molecule has 2 aromatic heterocycles. The molecule has 0 radical (unpaired) electrons. The molecule has 1 atom stereocenters. The van der Waals surface area contributed by atoms with Gasteiger partial charge in [0.1, 0.15) is 5.52 Å². The summed E-state index contributed by atoms with van der Waals surface area (Å²) in [7, 11) is 0. The number of H-pyrrole nitrogens is 1. The molecule has 0 amide bonds. The minimum atomic E-state index is -2.40. The second-order valence-electron chi connectivity index (χ2n) is 4.94. The number of nitrogens with zero attached hydrogens (tertiary/aromatic N) is 3. The van der Waals surface area contributed by atoms with Crippen LogP contribution < -0.4 is 11.4 Å². The van der Waals surface area contributed by atoms with Crippen LogP contribution in [0.3, 0.4) is 0 Å². The van der Waals surface area contributed by atoms with Crippen molar-refractivity contribution >= 4 is 39.7 Å². The van der Waals surface area contributed by atoms with E-state index in [9.17, 15) is 9.00 Å². The second-order valence-corrected chi connectivity index (χ2v) is 6.21. The maximum absolute atomic E-state index is 12.1. The maximum atomic E-state index is 12.1. The predicted octanol–water partition coefficient (Wildman–Crippen LogP) is 1.29. The predicted molar refractivity (Wildman–Crippen MR) is 86.9 cm³/mol. The lowest BCUT2D eigenvalue weighted by atomic mass is 10.1. The first-order valence-electron chi connectivity index (χ1n) is 6.48. The van der Waals surface area contributed by atoms with Gasteiger partial charge in [-0.05, 0) is 24.1 Å². The van der Waals surface area contributed by atoms with Crippen LogP contribution in [0.2, 0.25) is 5.02 Å². The molecular weight excluding hydrogens is 342 g/mol. The molecule has 120 valence electrons. The number of fused-ring (bicyclic) bond motifs is 1. The molecule has 0 saturated carbocycles. The van der Waals surface area contributed by atoms with Gasteiger partial charge in [0, 0.05) is 5.02 Å². The highest BCUT2D eigenvalue weighted by Crippen LogP contribution is 2.19. The fourth-order valence-corrected chi connectivity index (χ4v) is 2.70. The van der Waals surface area contributed by atoms with Crippen molar-refractivity contribution in [1.29, 1.82) is 0 Å². The van der Waals surface area contributed by atoms with Gasteiger partial charge in [-0.15, -0.1) is 0 Å². The standard InChI is InChI=1S/C13H12ClN5O3S/c1-6-4-7(2-3-8(6)14)5-19-11-9(16-13(19)20)10(15)17-12(18-11)23(21)22/h2-4H,5H2,1H3,(H,16,20)(H,21,22)(H2,15,17,18). The summed E-state index contributed by atoms with van der Waals surface area (Å²) in [6.45, 7) is 2.07. The molecular formula is C13H12ClN5O3S. The Labute approximate surface area is 137 Å². The van der Waals surface area contributed by atoms with E-state index in [1.807, 2.05) is 13.0 Å². The summed E-state index contributed by atoms with van der Waals surface area (Å²) in [6.07, 6.45) is 0. The minimum Gasteiger partial charge on any atom is -0.382 e. The molecule has 1 aromatic carbocycles. The van der Waals surface area contributed by atoms with Crippen LogP contribution >= 0.6 is 11.6 Å². The van der Waals surface area contributed by atoms with Crippen molar-refractivity contribution in [1.82, 2.24) is 19.5 Å². The van der Waals surface area contributed by atoms with E-state index in [1.54, 1.807) is 12.1 Å². The van der Waals surface area contributed by atoms with Crippen LogP contribution in [0.1, 0.15) is 11.1 Å². The lowest BCUT2D eigenvalue weighted by molar-refractivity contribution is 0.555. The lowest BCUT2D eigenvalue weighted by Crippen LogP contribution is -2.18. The number of anilines is 1. The number of aromatic amines is 1. The monoisotopic (exact) mass is 353 g/mol. The Bertz CT molecular complexity index is 997. The van der Waals surface area contributed by atoms with Crippen molar-refractivity contribution in [2.75, 3.05) is 5.73 Å². The first-order chi connectivity index (χ1) is 10.9. The molecule has 2 heterocycles. The summed E-state index contributed by atoms with van der Waals surface area (Å²) < 4.78 is 21.6. The third-order valence-corrected chi connectivity index (χ3v) is 4.27. The van der Waals surface area contributed by atoms with Gasteiger partial charge in [-0.3, -0.25) is 9.12 Å². The summed E-state index contributed by atoms with van der Waals surface area (Å²) in [6, 6.07) is 5.38. The highest BCUT2D eigenvalue weighted by Gasteiger charge is 2.16. The van der Waals surface area contributed by atoms with E-state index in [1.165, 1.54) is 4.57 Å². The molecule has 23 heavy (non-hydrogen) atoms. The quantitative estimate of drug-likeness (QED) is 0.481. The Morgan fingerprint density at radius 2 is 2.17 bits per heavy atom.